The molecule has 1 saturated heterocycles. The summed E-state index contributed by atoms with van der Waals surface area (Å²) in [5, 5.41) is 3.40. The van der Waals surface area contributed by atoms with Crippen LogP contribution in [-0.4, -0.2) is 27.2 Å². The maximum atomic E-state index is 13.8. The van der Waals surface area contributed by atoms with Gasteiger partial charge in [0.05, 0.1) is 5.69 Å². The maximum absolute atomic E-state index is 13.8. The molecule has 1 fully saturated rings. The first-order chi connectivity index (χ1) is 8.16. The van der Waals surface area contributed by atoms with Gasteiger partial charge in [-0.05, 0) is 56.0 Å². The lowest BCUT2D eigenvalue weighted by molar-refractivity contribution is 0.375. The van der Waals surface area contributed by atoms with Crippen LogP contribution in [-0.2, 0) is 6.42 Å². The Labute approximate surface area is 103 Å². The van der Waals surface area contributed by atoms with Crippen molar-refractivity contribution in [2.75, 3.05) is 32.1 Å². The van der Waals surface area contributed by atoms with E-state index in [2.05, 4.69) is 5.32 Å². The van der Waals surface area contributed by atoms with Crippen molar-refractivity contribution >= 4 is 5.69 Å². The van der Waals surface area contributed by atoms with Crippen LogP contribution in [0.4, 0.5) is 10.1 Å². The molecule has 0 radical (unpaired) electrons. The van der Waals surface area contributed by atoms with Crippen molar-refractivity contribution in [2.45, 2.75) is 19.3 Å². The highest BCUT2D eigenvalue weighted by atomic mass is 19.1. The summed E-state index contributed by atoms with van der Waals surface area (Å²) in [5.74, 6) is 0.546. The molecule has 2 rings (SSSR count). The Morgan fingerprint density at radius 3 is 2.82 bits per heavy atom. The fourth-order valence-corrected chi connectivity index (χ4v) is 2.47. The Morgan fingerprint density at radius 1 is 1.41 bits per heavy atom. The third-order valence-electron chi connectivity index (χ3n) is 3.42. The van der Waals surface area contributed by atoms with Gasteiger partial charge in [0, 0.05) is 14.1 Å². The van der Waals surface area contributed by atoms with E-state index in [9.17, 15) is 4.39 Å². The Hall–Kier alpha value is -1.09. The molecule has 1 heterocycles. The van der Waals surface area contributed by atoms with E-state index < -0.39 is 0 Å². The fraction of sp³-hybridized carbons (Fsp3) is 0.571. The molecule has 0 saturated carbocycles. The molecule has 1 aromatic rings. The Bertz CT molecular complexity index is 370. The molecule has 0 spiro atoms. The van der Waals surface area contributed by atoms with E-state index >= 15 is 0 Å². The molecule has 1 aliphatic heterocycles. The van der Waals surface area contributed by atoms with Gasteiger partial charge in [0.25, 0.3) is 0 Å². The van der Waals surface area contributed by atoms with Gasteiger partial charge < -0.3 is 10.2 Å². The van der Waals surface area contributed by atoms with Gasteiger partial charge in [-0.1, -0.05) is 6.07 Å². The summed E-state index contributed by atoms with van der Waals surface area (Å²) in [6.07, 6.45) is 3.48. The van der Waals surface area contributed by atoms with Crippen LogP contribution in [0.1, 0.15) is 18.4 Å². The lowest BCUT2D eigenvalue weighted by Crippen LogP contribution is -2.30. The van der Waals surface area contributed by atoms with Gasteiger partial charge in [0.1, 0.15) is 5.82 Å². The van der Waals surface area contributed by atoms with Crippen LogP contribution in [0.5, 0.6) is 0 Å². The first-order valence-corrected chi connectivity index (χ1v) is 6.33. The molecule has 1 unspecified atom stereocenters. The largest absolute Gasteiger partial charge is 0.375 e. The zero-order chi connectivity index (χ0) is 12.3. The Morgan fingerprint density at radius 2 is 2.24 bits per heavy atom. The van der Waals surface area contributed by atoms with Crippen molar-refractivity contribution in [3.05, 3.63) is 29.6 Å². The molecular formula is C14H21FN2. The maximum Gasteiger partial charge on any atom is 0.146 e. The smallest absolute Gasteiger partial charge is 0.146 e. The zero-order valence-electron chi connectivity index (χ0n) is 10.7. The normalized spacial score (nSPS) is 20.3. The van der Waals surface area contributed by atoms with Gasteiger partial charge >= 0.3 is 0 Å². The Kier molecular flexibility index (Phi) is 4.00. The van der Waals surface area contributed by atoms with Gasteiger partial charge in [0.15, 0.2) is 0 Å². The SMILES string of the molecule is CN(C)c1ccc(CC2CCCNC2)cc1F. The van der Waals surface area contributed by atoms with Gasteiger partial charge in [-0.2, -0.15) is 0 Å². The summed E-state index contributed by atoms with van der Waals surface area (Å²) in [5.41, 5.74) is 1.78. The molecule has 1 aromatic carbocycles. The molecule has 1 N–H and O–H groups in total. The summed E-state index contributed by atoms with van der Waals surface area (Å²) in [6, 6.07) is 5.61. The van der Waals surface area contributed by atoms with Crippen LogP contribution < -0.4 is 10.2 Å². The molecule has 17 heavy (non-hydrogen) atoms. The predicted molar refractivity (Wildman–Crippen MR) is 70.0 cm³/mol. The third kappa shape index (κ3) is 3.19. The average Bonchev–Trinajstić information content (AvgIpc) is 2.30. The van der Waals surface area contributed by atoms with Crippen LogP contribution >= 0.6 is 0 Å². The Balaban J connectivity index is 2.04. The van der Waals surface area contributed by atoms with Crippen molar-refractivity contribution in [3.8, 4) is 0 Å². The third-order valence-corrected chi connectivity index (χ3v) is 3.42. The number of piperidine rings is 1. The van der Waals surface area contributed by atoms with E-state index in [1.807, 2.05) is 26.2 Å². The summed E-state index contributed by atoms with van der Waals surface area (Å²) in [7, 11) is 3.73. The second-order valence-electron chi connectivity index (χ2n) is 5.10. The van der Waals surface area contributed by atoms with Gasteiger partial charge in [-0.15, -0.1) is 0 Å². The van der Waals surface area contributed by atoms with Crippen LogP contribution in [0, 0.1) is 11.7 Å². The van der Waals surface area contributed by atoms with Gasteiger partial charge in [0.2, 0.25) is 0 Å². The number of benzene rings is 1. The average molecular weight is 236 g/mol. The van der Waals surface area contributed by atoms with Crippen molar-refractivity contribution < 1.29 is 4.39 Å². The van der Waals surface area contributed by atoms with Crippen molar-refractivity contribution in [1.29, 1.82) is 0 Å². The van der Waals surface area contributed by atoms with E-state index in [0.29, 0.717) is 11.6 Å². The number of anilines is 1. The molecule has 0 aliphatic carbocycles. The van der Waals surface area contributed by atoms with Crippen LogP contribution in [0.15, 0.2) is 18.2 Å². The van der Waals surface area contributed by atoms with E-state index in [1.54, 1.807) is 11.0 Å². The standard InChI is InChI=1S/C14H21FN2/c1-17(2)14-6-5-11(9-13(14)15)8-12-4-3-7-16-10-12/h5-6,9,12,16H,3-4,7-8,10H2,1-2H3. The minimum absolute atomic E-state index is 0.115. The molecule has 1 aliphatic rings. The topological polar surface area (TPSA) is 15.3 Å². The number of hydrogen-bond acceptors (Lipinski definition) is 2. The van der Waals surface area contributed by atoms with Crippen LogP contribution in [0.3, 0.4) is 0 Å². The molecular weight excluding hydrogens is 215 g/mol. The van der Waals surface area contributed by atoms with Crippen molar-refractivity contribution in [1.82, 2.24) is 5.32 Å². The quantitative estimate of drug-likeness (QED) is 0.867. The molecule has 0 aromatic heterocycles. The molecule has 3 heteroatoms. The van der Waals surface area contributed by atoms with E-state index in [0.717, 1.165) is 25.1 Å². The lowest BCUT2D eigenvalue weighted by atomic mass is 9.92. The van der Waals surface area contributed by atoms with Crippen molar-refractivity contribution in [2.24, 2.45) is 5.92 Å². The molecule has 94 valence electrons. The summed E-state index contributed by atoms with van der Waals surface area (Å²) >= 11 is 0. The predicted octanol–water partition coefficient (Wildman–Crippen LogP) is 2.43. The number of hydrogen-bond donors (Lipinski definition) is 1. The molecule has 1 atom stereocenters. The highest BCUT2D eigenvalue weighted by Gasteiger charge is 2.14. The number of nitrogens with one attached hydrogen (secondary N) is 1. The zero-order valence-corrected chi connectivity index (χ0v) is 10.7. The minimum atomic E-state index is -0.115. The number of nitrogens with zero attached hydrogens (tertiary/aromatic N) is 1. The highest BCUT2D eigenvalue weighted by molar-refractivity contribution is 5.47. The molecule has 0 bridgehead atoms. The molecule has 0 amide bonds. The van der Waals surface area contributed by atoms with Crippen LogP contribution in [0.25, 0.3) is 0 Å². The number of halogens is 1. The lowest BCUT2D eigenvalue weighted by Gasteiger charge is -2.23. The monoisotopic (exact) mass is 236 g/mol. The van der Waals surface area contributed by atoms with Crippen molar-refractivity contribution in [3.63, 3.8) is 0 Å². The highest BCUT2D eigenvalue weighted by Crippen LogP contribution is 2.22. The summed E-state index contributed by atoms with van der Waals surface area (Å²) in [4.78, 5) is 1.81. The molecule has 2 nitrogen and oxygen atoms in total. The first kappa shape index (κ1) is 12.4. The first-order valence-electron chi connectivity index (χ1n) is 6.33. The van der Waals surface area contributed by atoms with Gasteiger partial charge in [-0.3, -0.25) is 0 Å². The van der Waals surface area contributed by atoms with Crippen LogP contribution in [0.2, 0.25) is 0 Å². The minimum Gasteiger partial charge on any atom is -0.375 e. The summed E-state index contributed by atoms with van der Waals surface area (Å²) < 4.78 is 13.8. The van der Waals surface area contributed by atoms with Gasteiger partial charge in [-0.25, -0.2) is 4.39 Å². The van der Waals surface area contributed by atoms with E-state index in [4.69, 9.17) is 0 Å². The summed E-state index contributed by atoms with van der Waals surface area (Å²) in [6.45, 7) is 2.20. The fourth-order valence-electron chi connectivity index (χ4n) is 2.47. The number of rotatable bonds is 3. The second-order valence-corrected chi connectivity index (χ2v) is 5.10. The second kappa shape index (κ2) is 5.50. The van der Waals surface area contributed by atoms with E-state index in [1.165, 1.54) is 12.8 Å². The van der Waals surface area contributed by atoms with E-state index in [-0.39, 0.29) is 5.82 Å².